The van der Waals surface area contributed by atoms with Gasteiger partial charge in [-0.2, -0.15) is 0 Å². The van der Waals surface area contributed by atoms with Gasteiger partial charge in [-0.25, -0.2) is 0 Å². The summed E-state index contributed by atoms with van der Waals surface area (Å²) in [6.07, 6.45) is 0.957. The summed E-state index contributed by atoms with van der Waals surface area (Å²) >= 11 is 6.11. The molecule has 0 bridgehead atoms. The Bertz CT molecular complexity index is 451. The van der Waals surface area contributed by atoms with Crippen LogP contribution in [0, 0.1) is 6.92 Å². The summed E-state index contributed by atoms with van der Waals surface area (Å²) in [4.78, 5) is 12.7. The van der Waals surface area contributed by atoms with Gasteiger partial charge in [-0.15, -0.1) is 0 Å². The number of nitrogens with zero attached hydrogens (tertiary/aromatic N) is 1. The molecular formula is C13H17ClN2O2. The molecule has 5 heteroatoms. The number of benzene rings is 1. The highest BCUT2D eigenvalue weighted by Crippen LogP contribution is 2.25. The molecule has 18 heavy (non-hydrogen) atoms. The van der Waals surface area contributed by atoms with Gasteiger partial charge in [-0.05, 0) is 31.0 Å². The standard InChI is InChI=1S/C13H17ClN2O2/c1-9-2-3-11(6-12(9)14)16-5-4-10(8-16)15-7-13(17)18/h2-3,6,10,15H,4-5,7-8H2,1H3,(H,17,18). The summed E-state index contributed by atoms with van der Waals surface area (Å²) in [7, 11) is 0. The second kappa shape index (κ2) is 5.59. The Morgan fingerprint density at radius 3 is 3.06 bits per heavy atom. The first-order chi connectivity index (χ1) is 8.56. The SMILES string of the molecule is Cc1ccc(N2CCC(NCC(=O)O)C2)cc1Cl. The summed E-state index contributed by atoms with van der Waals surface area (Å²) < 4.78 is 0. The van der Waals surface area contributed by atoms with Crippen LogP contribution in [0.15, 0.2) is 18.2 Å². The van der Waals surface area contributed by atoms with Crippen LogP contribution in [-0.4, -0.2) is 36.8 Å². The zero-order valence-electron chi connectivity index (χ0n) is 10.3. The molecule has 1 aromatic carbocycles. The number of carboxylic acid groups (broad SMARTS) is 1. The molecule has 0 radical (unpaired) electrons. The third kappa shape index (κ3) is 3.15. The lowest BCUT2D eigenvalue weighted by molar-refractivity contribution is -0.136. The van der Waals surface area contributed by atoms with Crippen molar-refractivity contribution in [3.63, 3.8) is 0 Å². The van der Waals surface area contributed by atoms with E-state index in [2.05, 4.69) is 16.3 Å². The third-order valence-electron chi connectivity index (χ3n) is 3.25. The quantitative estimate of drug-likeness (QED) is 0.876. The Hall–Kier alpha value is -1.26. The average molecular weight is 269 g/mol. The molecule has 2 rings (SSSR count). The minimum atomic E-state index is -0.813. The molecule has 1 saturated heterocycles. The number of hydrogen-bond donors (Lipinski definition) is 2. The van der Waals surface area contributed by atoms with Crippen molar-refractivity contribution in [2.75, 3.05) is 24.5 Å². The second-order valence-electron chi connectivity index (χ2n) is 4.64. The van der Waals surface area contributed by atoms with E-state index in [9.17, 15) is 4.79 Å². The predicted octanol–water partition coefficient (Wildman–Crippen LogP) is 1.90. The Kier molecular flexibility index (Phi) is 4.09. The topological polar surface area (TPSA) is 52.6 Å². The molecule has 1 heterocycles. The van der Waals surface area contributed by atoms with Gasteiger partial charge in [-0.3, -0.25) is 4.79 Å². The number of hydrogen-bond acceptors (Lipinski definition) is 3. The van der Waals surface area contributed by atoms with E-state index < -0.39 is 5.97 Å². The normalized spacial score (nSPS) is 19.2. The van der Waals surface area contributed by atoms with Gasteiger partial charge < -0.3 is 15.3 Å². The Morgan fingerprint density at radius 2 is 2.39 bits per heavy atom. The third-order valence-corrected chi connectivity index (χ3v) is 3.66. The first kappa shape index (κ1) is 13.2. The van der Waals surface area contributed by atoms with E-state index in [-0.39, 0.29) is 12.6 Å². The number of aliphatic carboxylic acids is 1. The fourth-order valence-corrected chi connectivity index (χ4v) is 2.35. The molecule has 0 saturated carbocycles. The van der Waals surface area contributed by atoms with Crippen molar-refractivity contribution in [3.05, 3.63) is 28.8 Å². The molecule has 0 spiro atoms. The predicted molar refractivity (Wildman–Crippen MR) is 72.4 cm³/mol. The second-order valence-corrected chi connectivity index (χ2v) is 5.05. The molecule has 4 nitrogen and oxygen atoms in total. The molecular weight excluding hydrogens is 252 g/mol. The van der Waals surface area contributed by atoms with Crippen molar-refractivity contribution in [3.8, 4) is 0 Å². The number of halogens is 1. The van der Waals surface area contributed by atoms with Gasteiger partial charge in [0.05, 0.1) is 6.54 Å². The Labute approximate surface area is 112 Å². The molecule has 1 aliphatic heterocycles. The molecule has 1 aliphatic rings. The lowest BCUT2D eigenvalue weighted by Gasteiger charge is -2.19. The first-order valence-electron chi connectivity index (χ1n) is 6.02. The summed E-state index contributed by atoms with van der Waals surface area (Å²) in [5, 5.41) is 12.4. The monoisotopic (exact) mass is 268 g/mol. The van der Waals surface area contributed by atoms with Crippen molar-refractivity contribution in [2.45, 2.75) is 19.4 Å². The zero-order chi connectivity index (χ0) is 13.1. The van der Waals surface area contributed by atoms with E-state index in [1.165, 1.54) is 0 Å². The first-order valence-corrected chi connectivity index (χ1v) is 6.40. The molecule has 1 atom stereocenters. The Balaban J connectivity index is 1.95. The number of carbonyl (C=O) groups is 1. The van der Waals surface area contributed by atoms with Gasteiger partial charge >= 0.3 is 5.97 Å². The largest absolute Gasteiger partial charge is 0.480 e. The molecule has 0 amide bonds. The molecule has 0 aliphatic carbocycles. The van der Waals surface area contributed by atoms with E-state index in [4.69, 9.17) is 16.7 Å². The molecule has 1 aromatic rings. The summed E-state index contributed by atoms with van der Waals surface area (Å²) in [6, 6.07) is 6.27. The highest BCUT2D eigenvalue weighted by atomic mass is 35.5. The van der Waals surface area contributed by atoms with Crippen molar-refractivity contribution in [1.82, 2.24) is 5.32 Å². The molecule has 98 valence electrons. The zero-order valence-corrected chi connectivity index (χ0v) is 11.1. The van der Waals surface area contributed by atoms with Crippen molar-refractivity contribution in [2.24, 2.45) is 0 Å². The minimum Gasteiger partial charge on any atom is -0.480 e. The van der Waals surface area contributed by atoms with E-state index in [1.54, 1.807) is 0 Å². The molecule has 1 unspecified atom stereocenters. The molecule has 2 N–H and O–H groups in total. The summed E-state index contributed by atoms with van der Waals surface area (Å²) in [5.41, 5.74) is 2.17. The van der Waals surface area contributed by atoms with Crippen LogP contribution < -0.4 is 10.2 Å². The van der Waals surface area contributed by atoms with Gasteiger partial charge in [0.2, 0.25) is 0 Å². The van der Waals surface area contributed by atoms with Crippen LogP contribution >= 0.6 is 11.6 Å². The van der Waals surface area contributed by atoms with E-state index in [0.29, 0.717) is 0 Å². The van der Waals surface area contributed by atoms with Crippen molar-refractivity contribution >= 4 is 23.3 Å². The lowest BCUT2D eigenvalue weighted by Crippen LogP contribution is -2.35. The minimum absolute atomic E-state index is 0.0210. The number of anilines is 1. The van der Waals surface area contributed by atoms with E-state index >= 15 is 0 Å². The van der Waals surface area contributed by atoms with Crippen LogP contribution in [0.25, 0.3) is 0 Å². The van der Waals surface area contributed by atoms with Crippen LogP contribution in [-0.2, 0) is 4.79 Å². The average Bonchev–Trinajstić information content (AvgIpc) is 2.79. The van der Waals surface area contributed by atoms with Crippen LogP contribution in [0.3, 0.4) is 0 Å². The smallest absolute Gasteiger partial charge is 0.317 e. The maximum atomic E-state index is 10.5. The summed E-state index contributed by atoms with van der Waals surface area (Å²) in [5.74, 6) is -0.813. The highest BCUT2D eigenvalue weighted by Gasteiger charge is 2.22. The number of rotatable bonds is 4. The Morgan fingerprint density at radius 1 is 1.61 bits per heavy atom. The van der Waals surface area contributed by atoms with Crippen LogP contribution in [0.2, 0.25) is 5.02 Å². The van der Waals surface area contributed by atoms with Gasteiger partial charge in [-0.1, -0.05) is 17.7 Å². The number of nitrogens with one attached hydrogen (secondary N) is 1. The molecule has 1 fully saturated rings. The van der Waals surface area contributed by atoms with Crippen LogP contribution in [0.1, 0.15) is 12.0 Å². The van der Waals surface area contributed by atoms with Crippen LogP contribution in [0.4, 0.5) is 5.69 Å². The van der Waals surface area contributed by atoms with E-state index in [0.717, 1.165) is 35.8 Å². The fourth-order valence-electron chi connectivity index (χ4n) is 2.17. The maximum Gasteiger partial charge on any atom is 0.317 e. The van der Waals surface area contributed by atoms with Gasteiger partial charge in [0.1, 0.15) is 0 Å². The van der Waals surface area contributed by atoms with Crippen molar-refractivity contribution in [1.29, 1.82) is 0 Å². The molecule has 0 aromatic heterocycles. The number of aryl methyl sites for hydroxylation is 1. The van der Waals surface area contributed by atoms with Crippen LogP contribution in [0.5, 0.6) is 0 Å². The van der Waals surface area contributed by atoms with Crippen molar-refractivity contribution < 1.29 is 9.90 Å². The maximum absolute atomic E-state index is 10.5. The van der Waals surface area contributed by atoms with Gasteiger partial charge in [0, 0.05) is 29.8 Å². The highest BCUT2D eigenvalue weighted by molar-refractivity contribution is 6.31. The van der Waals surface area contributed by atoms with Gasteiger partial charge in [0.25, 0.3) is 0 Å². The van der Waals surface area contributed by atoms with Gasteiger partial charge in [0.15, 0.2) is 0 Å². The van der Waals surface area contributed by atoms with E-state index in [1.807, 2.05) is 19.1 Å². The number of carboxylic acids is 1. The fraction of sp³-hybridized carbons (Fsp3) is 0.462. The summed E-state index contributed by atoms with van der Waals surface area (Å²) in [6.45, 7) is 3.75. The lowest BCUT2D eigenvalue weighted by atomic mass is 10.2.